The fourth-order valence-electron chi connectivity index (χ4n) is 3.68. The Morgan fingerprint density at radius 1 is 1.23 bits per heavy atom. The lowest BCUT2D eigenvalue weighted by Gasteiger charge is -2.18. The van der Waals surface area contributed by atoms with Gasteiger partial charge in [0.15, 0.2) is 11.6 Å². The molecule has 0 bridgehead atoms. The summed E-state index contributed by atoms with van der Waals surface area (Å²) < 4.78 is 59.5. The van der Waals surface area contributed by atoms with Crippen molar-refractivity contribution in [3.05, 3.63) is 53.9 Å². The van der Waals surface area contributed by atoms with Gasteiger partial charge in [-0.1, -0.05) is 0 Å². The van der Waals surface area contributed by atoms with Crippen LogP contribution in [0, 0.1) is 5.82 Å². The van der Waals surface area contributed by atoms with Crippen LogP contribution in [-0.4, -0.2) is 64.7 Å². The number of pyridine rings is 2. The van der Waals surface area contributed by atoms with E-state index in [0.717, 1.165) is 0 Å². The van der Waals surface area contributed by atoms with Gasteiger partial charge in [-0.2, -0.15) is 13.2 Å². The van der Waals surface area contributed by atoms with Crippen LogP contribution in [-0.2, 0) is 10.9 Å². The van der Waals surface area contributed by atoms with Crippen LogP contribution in [0.3, 0.4) is 0 Å². The number of amides is 1. The second-order valence-electron chi connectivity index (χ2n) is 7.42. The standard InChI is InChI=1S/C20H19F4N5O2/c1-28-9-15(17(10-28)31-2)27-19(30)14-6-16-11(7-25-14)3-4-29(16)18-13(21)5-12(8-26-18)20(22,23)24/h3-8,15,17H,9-10H2,1-2H3,(H,27,30)/t15-,17-/m1/s1. The van der Waals surface area contributed by atoms with Crippen molar-refractivity contribution in [1.29, 1.82) is 0 Å². The molecule has 2 atom stereocenters. The van der Waals surface area contributed by atoms with Gasteiger partial charge in [-0.25, -0.2) is 9.37 Å². The number of ether oxygens (including phenoxy) is 1. The van der Waals surface area contributed by atoms with Gasteiger partial charge in [-0.15, -0.1) is 0 Å². The van der Waals surface area contributed by atoms with Crippen molar-refractivity contribution in [2.24, 2.45) is 0 Å². The zero-order valence-corrected chi connectivity index (χ0v) is 16.7. The zero-order valence-electron chi connectivity index (χ0n) is 16.7. The molecule has 0 radical (unpaired) electrons. The van der Waals surface area contributed by atoms with Gasteiger partial charge < -0.3 is 15.0 Å². The molecule has 3 aromatic rings. The summed E-state index contributed by atoms with van der Waals surface area (Å²) in [7, 11) is 3.49. The lowest BCUT2D eigenvalue weighted by molar-refractivity contribution is -0.138. The number of hydrogen-bond acceptors (Lipinski definition) is 5. The molecule has 0 aliphatic carbocycles. The van der Waals surface area contributed by atoms with Crippen molar-refractivity contribution in [3.63, 3.8) is 0 Å². The average Bonchev–Trinajstić information content (AvgIpc) is 3.29. The second kappa shape index (κ2) is 7.89. The van der Waals surface area contributed by atoms with Gasteiger partial charge in [-0.05, 0) is 25.2 Å². The Hall–Kier alpha value is -3.05. The zero-order chi connectivity index (χ0) is 22.3. The maximum atomic E-state index is 14.4. The Balaban J connectivity index is 1.65. The molecule has 11 heteroatoms. The van der Waals surface area contributed by atoms with E-state index < -0.39 is 23.5 Å². The summed E-state index contributed by atoms with van der Waals surface area (Å²) in [5.74, 6) is -1.87. The van der Waals surface area contributed by atoms with Gasteiger partial charge in [0.05, 0.1) is 23.2 Å². The van der Waals surface area contributed by atoms with Crippen LogP contribution in [0.15, 0.2) is 36.8 Å². The molecule has 0 unspecified atom stereocenters. The second-order valence-corrected chi connectivity index (χ2v) is 7.42. The van der Waals surface area contributed by atoms with Crippen molar-refractivity contribution >= 4 is 16.8 Å². The third-order valence-corrected chi connectivity index (χ3v) is 5.25. The van der Waals surface area contributed by atoms with E-state index in [1.807, 2.05) is 11.9 Å². The topological polar surface area (TPSA) is 72.3 Å². The van der Waals surface area contributed by atoms with E-state index in [4.69, 9.17) is 4.74 Å². The fraction of sp³-hybridized carbons (Fsp3) is 0.350. The molecule has 4 heterocycles. The smallest absolute Gasteiger partial charge is 0.378 e. The predicted octanol–water partition coefficient (Wildman–Crippen LogP) is 2.64. The molecule has 1 amide bonds. The average molecular weight is 437 g/mol. The van der Waals surface area contributed by atoms with Crippen LogP contribution in [0.25, 0.3) is 16.7 Å². The van der Waals surface area contributed by atoms with Crippen LogP contribution in [0.4, 0.5) is 17.6 Å². The summed E-state index contributed by atoms with van der Waals surface area (Å²) in [4.78, 5) is 22.6. The lowest BCUT2D eigenvalue weighted by atomic mass is 10.2. The molecule has 1 N–H and O–H groups in total. The Morgan fingerprint density at radius 2 is 2.00 bits per heavy atom. The van der Waals surface area contributed by atoms with Gasteiger partial charge in [0, 0.05) is 44.2 Å². The van der Waals surface area contributed by atoms with E-state index in [0.29, 0.717) is 36.3 Å². The van der Waals surface area contributed by atoms with E-state index in [2.05, 4.69) is 15.3 Å². The lowest BCUT2D eigenvalue weighted by Crippen LogP contribution is -2.43. The van der Waals surface area contributed by atoms with Crippen LogP contribution >= 0.6 is 0 Å². The molecule has 1 saturated heterocycles. The minimum Gasteiger partial charge on any atom is -0.378 e. The largest absolute Gasteiger partial charge is 0.417 e. The highest BCUT2D eigenvalue weighted by Gasteiger charge is 2.33. The van der Waals surface area contributed by atoms with Gasteiger partial charge in [-0.3, -0.25) is 14.3 Å². The van der Waals surface area contributed by atoms with Crippen molar-refractivity contribution in [2.75, 3.05) is 27.2 Å². The van der Waals surface area contributed by atoms with Crippen LogP contribution in [0.2, 0.25) is 0 Å². The summed E-state index contributed by atoms with van der Waals surface area (Å²) in [6.45, 7) is 1.29. The first kappa shape index (κ1) is 21.2. The fourth-order valence-corrected chi connectivity index (χ4v) is 3.68. The number of carbonyl (C=O) groups is 1. The van der Waals surface area contributed by atoms with E-state index in [1.165, 1.54) is 23.0 Å². The maximum absolute atomic E-state index is 14.4. The quantitative estimate of drug-likeness (QED) is 0.636. The number of likely N-dealkylation sites (N-methyl/N-ethyl adjacent to an activating group) is 1. The van der Waals surface area contributed by atoms with E-state index >= 15 is 0 Å². The van der Waals surface area contributed by atoms with Crippen molar-refractivity contribution in [2.45, 2.75) is 18.3 Å². The number of carbonyl (C=O) groups excluding carboxylic acids is 1. The molecule has 4 rings (SSSR count). The number of aromatic nitrogens is 3. The SMILES string of the molecule is CO[C@@H]1CN(C)C[C@H]1NC(=O)c1cc2c(ccn2-c2ncc(C(F)(F)F)cc2F)cn1. The highest BCUT2D eigenvalue weighted by Crippen LogP contribution is 2.30. The normalized spacial score (nSPS) is 19.8. The van der Waals surface area contributed by atoms with Gasteiger partial charge >= 0.3 is 6.18 Å². The number of nitrogens with one attached hydrogen (secondary N) is 1. The monoisotopic (exact) mass is 437 g/mol. The first-order valence-corrected chi connectivity index (χ1v) is 9.40. The molecular formula is C20H19F4N5O2. The molecule has 1 aliphatic heterocycles. The Kier molecular flexibility index (Phi) is 5.40. The molecular weight excluding hydrogens is 418 g/mol. The van der Waals surface area contributed by atoms with Crippen molar-refractivity contribution in [1.82, 2.24) is 24.8 Å². The van der Waals surface area contributed by atoms with E-state index in [9.17, 15) is 22.4 Å². The molecule has 7 nitrogen and oxygen atoms in total. The Labute approximate surface area is 174 Å². The minimum atomic E-state index is -4.70. The van der Waals surface area contributed by atoms with Crippen molar-refractivity contribution < 1.29 is 27.1 Å². The number of fused-ring (bicyclic) bond motifs is 1. The van der Waals surface area contributed by atoms with E-state index in [1.54, 1.807) is 13.2 Å². The highest BCUT2D eigenvalue weighted by molar-refractivity contribution is 5.96. The summed E-state index contributed by atoms with van der Waals surface area (Å²) in [5.41, 5.74) is -0.705. The Morgan fingerprint density at radius 3 is 2.68 bits per heavy atom. The highest BCUT2D eigenvalue weighted by atomic mass is 19.4. The minimum absolute atomic E-state index is 0.0872. The number of methoxy groups -OCH3 is 1. The van der Waals surface area contributed by atoms with Crippen LogP contribution in [0.1, 0.15) is 16.1 Å². The Bertz CT molecular complexity index is 1130. The molecule has 3 aromatic heterocycles. The number of rotatable bonds is 4. The van der Waals surface area contributed by atoms with Gasteiger partial charge in [0.2, 0.25) is 0 Å². The molecule has 1 fully saturated rings. The summed E-state index contributed by atoms with van der Waals surface area (Å²) >= 11 is 0. The summed E-state index contributed by atoms with van der Waals surface area (Å²) in [6.07, 6.45) is -1.39. The number of nitrogens with zero attached hydrogens (tertiary/aromatic N) is 4. The maximum Gasteiger partial charge on any atom is 0.417 e. The third kappa shape index (κ3) is 4.10. The number of alkyl halides is 3. The van der Waals surface area contributed by atoms with Crippen LogP contribution in [0.5, 0.6) is 0 Å². The molecule has 1 aliphatic rings. The molecule has 0 saturated carbocycles. The summed E-state index contributed by atoms with van der Waals surface area (Å²) in [5, 5.41) is 3.46. The van der Waals surface area contributed by atoms with Gasteiger partial charge in [0.25, 0.3) is 5.91 Å². The molecule has 0 aromatic carbocycles. The van der Waals surface area contributed by atoms with Crippen LogP contribution < -0.4 is 5.32 Å². The number of halogens is 4. The molecule has 0 spiro atoms. The summed E-state index contributed by atoms with van der Waals surface area (Å²) in [6, 6.07) is 3.23. The molecule has 164 valence electrons. The molecule has 31 heavy (non-hydrogen) atoms. The first-order valence-electron chi connectivity index (χ1n) is 9.40. The van der Waals surface area contributed by atoms with E-state index in [-0.39, 0.29) is 23.7 Å². The predicted molar refractivity (Wildman–Crippen MR) is 103 cm³/mol. The van der Waals surface area contributed by atoms with Crippen molar-refractivity contribution in [3.8, 4) is 5.82 Å². The third-order valence-electron chi connectivity index (χ3n) is 5.25. The number of likely N-dealkylation sites (tertiary alicyclic amines) is 1. The van der Waals surface area contributed by atoms with Gasteiger partial charge in [0.1, 0.15) is 5.69 Å². The number of hydrogen-bond donors (Lipinski definition) is 1. The first-order chi connectivity index (χ1) is 14.7.